The van der Waals surface area contributed by atoms with Gasteiger partial charge in [-0.1, -0.05) is 23.1 Å². The molecule has 1 amide bonds. The van der Waals surface area contributed by atoms with Crippen LogP contribution in [0.15, 0.2) is 9.82 Å². The maximum atomic E-state index is 12.8. The lowest BCUT2D eigenvalue weighted by Gasteiger charge is -2.27. The summed E-state index contributed by atoms with van der Waals surface area (Å²) in [6.45, 7) is 6.98. The van der Waals surface area contributed by atoms with E-state index in [0.717, 1.165) is 81.2 Å². The van der Waals surface area contributed by atoms with Crippen molar-refractivity contribution in [1.29, 1.82) is 0 Å². The lowest BCUT2D eigenvalue weighted by Crippen LogP contribution is -2.38. The number of aromatic nitrogens is 4. The monoisotopic (exact) mass is 464 g/mol. The molecule has 2 aromatic heterocycles. The highest BCUT2D eigenvalue weighted by molar-refractivity contribution is 8.00. The molecule has 0 spiro atoms. The molecule has 0 saturated carbocycles. The van der Waals surface area contributed by atoms with Crippen LogP contribution in [-0.4, -0.2) is 69.2 Å². The first-order valence-electron chi connectivity index (χ1n) is 10.8. The Morgan fingerprint density at radius 1 is 1.19 bits per heavy atom. The Balaban J connectivity index is 1.40. The Bertz CT molecular complexity index is 970. The van der Waals surface area contributed by atoms with E-state index in [-0.39, 0.29) is 17.3 Å². The van der Waals surface area contributed by atoms with Crippen LogP contribution in [0.25, 0.3) is 0 Å². The number of aryl methyl sites for hydroxylation is 1. The molecule has 0 atom stereocenters. The van der Waals surface area contributed by atoms with Gasteiger partial charge in [0.2, 0.25) is 11.0 Å². The van der Waals surface area contributed by atoms with Gasteiger partial charge in [0.1, 0.15) is 10.0 Å². The molecular weight excluding hydrogens is 436 g/mol. The van der Waals surface area contributed by atoms with Crippen molar-refractivity contribution in [2.75, 3.05) is 43.9 Å². The van der Waals surface area contributed by atoms with E-state index in [9.17, 15) is 9.59 Å². The summed E-state index contributed by atoms with van der Waals surface area (Å²) in [6, 6.07) is 0. The van der Waals surface area contributed by atoms with Crippen molar-refractivity contribution >= 4 is 34.1 Å². The Labute approximate surface area is 189 Å². The minimum atomic E-state index is -0.203. The van der Waals surface area contributed by atoms with Crippen LogP contribution in [0.3, 0.4) is 0 Å². The van der Waals surface area contributed by atoms with E-state index in [0.29, 0.717) is 16.7 Å². The summed E-state index contributed by atoms with van der Waals surface area (Å²) in [4.78, 5) is 31.9. The number of nitrogens with one attached hydrogen (secondary N) is 1. The third-order valence-corrected chi connectivity index (χ3v) is 7.29. The second-order valence-electron chi connectivity index (χ2n) is 7.75. The van der Waals surface area contributed by atoms with E-state index < -0.39 is 0 Å². The fraction of sp³-hybridized carbons (Fsp3) is 0.650. The average molecular weight is 465 g/mol. The van der Waals surface area contributed by atoms with E-state index in [1.54, 1.807) is 0 Å². The lowest BCUT2D eigenvalue weighted by atomic mass is 9.97. The van der Waals surface area contributed by atoms with E-state index >= 15 is 0 Å². The minimum Gasteiger partial charge on any atom is -0.379 e. The summed E-state index contributed by atoms with van der Waals surface area (Å²) in [7, 11) is 0. The molecule has 0 radical (unpaired) electrons. The van der Waals surface area contributed by atoms with E-state index in [1.165, 1.54) is 23.1 Å². The van der Waals surface area contributed by atoms with Crippen molar-refractivity contribution in [3.05, 3.63) is 26.7 Å². The van der Waals surface area contributed by atoms with Gasteiger partial charge in [0, 0.05) is 37.4 Å². The summed E-state index contributed by atoms with van der Waals surface area (Å²) in [6.07, 6.45) is 4.90. The van der Waals surface area contributed by atoms with E-state index in [1.807, 2.05) is 11.5 Å². The first-order chi connectivity index (χ1) is 15.1. The standard InChI is InChI=1S/C20H28N6O3S2/c1-14-23-24-19(31-14)21-17(27)13-30-18-15-5-2-3-6-16(15)26(20(28)22-18)8-4-7-25-9-11-29-12-10-25/h2-13H2,1H3,(H,21,24,27). The van der Waals surface area contributed by atoms with Crippen molar-refractivity contribution < 1.29 is 9.53 Å². The van der Waals surface area contributed by atoms with Gasteiger partial charge in [0.15, 0.2) is 0 Å². The number of thioether (sulfide) groups is 1. The smallest absolute Gasteiger partial charge is 0.348 e. The first kappa shape index (κ1) is 22.4. The summed E-state index contributed by atoms with van der Waals surface area (Å²) in [5, 5.41) is 12.6. The van der Waals surface area contributed by atoms with Gasteiger partial charge in [0.25, 0.3) is 0 Å². The molecule has 1 saturated heterocycles. The lowest BCUT2D eigenvalue weighted by molar-refractivity contribution is -0.113. The SMILES string of the molecule is Cc1nnc(NC(=O)CSc2nc(=O)n(CCCN3CCOCC3)c3c2CCCC3)s1. The molecule has 1 aliphatic carbocycles. The third-order valence-electron chi connectivity index (χ3n) is 5.52. The predicted molar refractivity (Wildman–Crippen MR) is 121 cm³/mol. The summed E-state index contributed by atoms with van der Waals surface area (Å²) in [5.74, 6) is 0.0284. The Kier molecular flexibility index (Phi) is 7.70. The Morgan fingerprint density at radius 2 is 2.00 bits per heavy atom. The molecule has 9 nitrogen and oxygen atoms in total. The van der Waals surface area contributed by atoms with Gasteiger partial charge in [0.05, 0.1) is 19.0 Å². The highest BCUT2D eigenvalue weighted by Crippen LogP contribution is 2.28. The normalized spacial score (nSPS) is 16.8. The number of rotatable bonds is 8. The van der Waals surface area contributed by atoms with E-state index in [4.69, 9.17) is 4.74 Å². The third kappa shape index (κ3) is 5.91. The van der Waals surface area contributed by atoms with Crippen LogP contribution in [-0.2, 0) is 28.9 Å². The second kappa shape index (κ2) is 10.7. The number of anilines is 1. The zero-order chi connectivity index (χ0) is 21.6. The molecule has 11 heteroatoms. The largest absolute Gasteiger partial charge is 0.379 e. The summed E-state index contributed by atoms with van der Waals surface area (Å²) in [5.41, 5.74) is 2.04. The molecule has 168 valence electrons. The quantitative estimate of drug-likeness (QED) is 0.466. The summed E-state index contributed by atoms with van der Waals surface area (Å²) < 4.78 is 7.27. The van der Waals surface area contributed by atoms with E-state index in [2.05, 4.69) is 25.4 Å². The van der Waals surface area contributed by atoms with Crippen LogP contribution in [0, 0.1) is 6.92 Å². The van der Waals surface area contributed by atoms with Crippen molar-refractivity contribution in [2.24, 2.45) is 0 Å². The van der Waals surface area contributed by atoms with Gasteiger partial charge in [-0.05, 0) is 39.0 Å². The maximum Gasteiger partial charge on any atom is 0.348 e. The molecule has 1 aliphatic heterocycles. The van der Waals surface area contributed by atoms with Gasteiger partial charge in [-0.3, -0.25) is 19.6 Å². The van der Waals surface area contributed by atoms with Crippen molar-refractivity contribution in [3.8, 4) is 0 Å². The molecule has 0 aromatic carbocycles. The average Bonchev–Trinajstić information content (AvgIpc) is 3.19. The number of nitrogens with zero attached hydrogens (tertiary/aromatic N) is 5. The van der Waals surface area contributed by atoms with Crippen LogP contribution in [0.2, 0.25) is 0 Å². The van der Waals surface area contributed by atoms with Crippen molar-refractivity contribution in [2.45, 2.75) is 50.6 Å². The fourth-order valence-electron chi connectivity index (χ4n) is 4.01. The molecule has 2 aliphatic rings. The number of ether oxygens (including phenoxy) is 1. The Morgan fingerprint density at radius 3 is 2.77 bits per heavy atom. The van der Waals surface area contributed by atoms with Crippen LogP contribution < -0.4 is 11.0 Å². The zero-order valence-electron chi connectivity index (χ0n) is 17.8. The van der Waals surface area contributed by atoms with Gasteiger partial charge < -0.3 is 4.74 Å². The summed E-state index contributed by atoms with van der Waals surface area (Å²) >= 11 is 2.68. The number of hydrogen-bond acceptors (Lipinski definition) is 9. The molecule has 1 fully saturated rings. The van der Waals surface area contributed by atoms with Gasteiger partial charge in [-0.15, -0.1) is 10.2 Å². The number of amides is 1. The van der Waals surface area contributed by atoms with Crippen molar-refractivity contribution in [1.82, 2.24) is 24.6 Å². The number of fused-ring (bicyclic) bond motifs is 1. The minimum absolute atomic E-state index is 0.165. The first-order valence-corrected chi connectivity index (χ1v) is 12.6. The number of carbonyl (C=O) groups is 1. The second-order valence-corrected chi connectivity index (χ2v) is 9.90. The molecule has 2 aromatic rings. The van der Waals surface area contributed by atoms with Crippen molar-refractivity contribution in [3.63, 3.8) is 0 Å². The van der Waals surface area contributed by atoms with Gasteiger partial charge in [-0.2, -0.15) is 4.98 Å². The fourth-order valence-corrected chi connectivity index (χ4v) is 5.50. The van der Waals surface area contributed by atoms with Crippen LogP contribution in [0.1, 0.15) is 35.5 Å². The zero-order valence-corrected chi connectivity index (χ0v) is 19.4. The van der Waals surface area contributed by atoms with Crippen LogP contribution >= 0.6 is 23.1 Å². The number of morpholine rings is 1. The molecule has 4 rings (SSSR count). The predicted octanol–water partition coefficient (Wildman–Crippen LogP) is 1.74. The van der Waals surface area contributed by atoms with Gasteiger partial charge >= 0.3 is 5.69 Å². The molecule has 31 heavy (non-hydrogen) atoms. The van der Waals surface area contributed by atoms with Gasteiger partial charge in [-0.25, -0.2) is 4.79 Å². The molecule has 1 N–H and O–H groups in total. The highest BCUT2D eigenvalue weighted by atomic mass is 32.2. The Hall–Kier alpha value is -1.82. The number of hydrogen-bond donors (Lipinski definition) is 1. The highest BCUT2D eigenvalue weighted by Gasteiger charge is 2.21. The van der Waals surface area contributed by atoms with Crippen LogP contribution in [0.4, 0.5) is 5.13 Å². The molecular formula is C20H28N6O3S2. The maximum absolute atomic E-state index is 12.8. The molecule has 3 heterocycles. The topological polar surface area (TPSA) is 102 Å². The molecule has 0 unspecified atom stereocenters. The molecule has 0 bridgehead atoms. The number of carbonyl (C=O) groups excluding carboxylic acids is 1. The van der Waals surface area contributed by atoms with Crippen LogP contribution in [0.5, 0.6) is 0 Å².